The van der Waals surface area contributed by atoms with Gasteiger partial charge in [0, 0.05) is 23.3 Å². The van der Waals surface area contributed by atoms with Crippen LogP contribution < -0.4 is 10.6 Å². The number of H-pyrrole nitrogens is 1. The topological polar surface area (TPSA) is 108 Å². The summed E-state index contributed by atoms with van der Waals surface area (Å²) >= 11 is 1.35. The number of hydrogen-bond donors (Lipinski definition) is 3. The van der Waals surface area contributed by atoms with Crippen LogP contribution in [0.25, 0.3) is 11.3 Å². The summed E-state index contributed by atoms with van der Waals surface area (Å²) in [6.07, 6.45) is 4.82. The van der Waals surface area contributed by atoms with Gasteiger partial charge < -0.3 is 5.32 Å². The lowest BCUT2D eigenvalue weighted by Crippen LogP contribution is -2.31. The van der Waals surface area contributed by atoms with E-state index in [1.54, 1.807) is 12.4 Å². The van der Waals surface area contributed by atoms with E-state index >= 15 is 0 Å². The molecule has 0 aliphatic rings. The molecule has 0 saturated carbocycles. The lowest BCUT2D eigenvalue weighted by atomic mass is 10.2. The second-order valence-electron chi connectivity index (χ2n) is 4.47. The summed E-state index contributed by atoms with van der Waals surface area (Å²) in [6.45, 7) is 1.81. The van der Waals surface area contributed by atoms with Gasteiger partial charge in [-0.15, -0.1) is 11.3 Å². The number of urea groups is 1. The number of aromatic nitrogens is 5. The standard InChI is InChI=1S/C13H13N7OS/c1-8(11-15-7-16-20-11)17-12(21)19-13-18-10(6-22-13)9-3-2-4-14-5-9/h2-8H,1H3,(H,15,16,20)(H2,17,18,19,21). The van der Waals surface area contributed by atoms with Crippen LogP contribution in [0.4, 0.5) is 9.93 Å². The summed E-state index contributed by atoms with van der Waals surface area (Å²) in [5, 5.41) is 14.3. The normalized spacial score (nSPS) is 11.9. The minimum absolute atomic E-state index is 0.278. The Balaban J connectivity index is 1.62. The number of anilines is 1. The molecule has 22 heavy (non-hydrogen) atoms. The van der Waals surface area contributed by atoms with Gasteiger partial charge in [-0.3, -0.25) is 15.4 Å². The van der Waals surface area contributed by atoms with Crippen LogP contribution in [0.1, 0.15) is 18.8 Å². The maximum atomic E-state index is 11.9. The quantitative estimate of drug-likeness (QED) is 0.684. The number of amides is 2. The highest BCUT2D eigenvalue weighted by atomic mass is 32.1. The molecule has 1 unspecified atom stereocenters. The molecule has 3 heterocycles. The Bertz CT molecular complexity index is 741. The number of nitrogens with zero attached hydrogens (tertiary/aromatic N) is 4. The van der Waals surface area contributed by atoms with Crippen LogP contribution in [-0.2, 0) is 0 Å². The number of hydrogen-bond acceptors (Lipinski definition) is 6. The number of carbonyl (C=O) groups excluding carboxylic acids is 1. The van der Waals surface area contributed by atoms with Gasteiger partial charge in [-0.25, -0.2) is 14.8 Å². The monoisotopic (exact) mass is 315 g/mol. The first-order chi connectivity index (χ1) is 10.7. The molecule has 9 heteroatoms. The first-order valence-corrected chi connectivity index (χ1v) is 7.39. The lowest BCUT2D eigenvalue weighted by Gasteiger charge is -2.10. The number of thiazole rings is 1. The third-order valence-electron chi connectivity index (χ3n) is 2.87. The lowest BCUT2D eigenvalue weighted by molar-refractivity contribution is 0.249. The van der Waals surface area contributed by atoms with Crippen molar-refractivity contribution in [2.24, 2.45) is 0 Å². The molecule has 3 aromatic heterocycles. The van der Waals surface area contributed by atoms with Crippen LogP contribution in [-0.4, -0.2) is 31.2 Å². The first-order valence-electron chi connectivity index (χ1n) is 6.51. The molecule has 3 rings (SSSR count). The molecule has 3 aromatic rings. The van der Waals surface area contributed by atoms with E-state index < -0.39 is 0 Å². The third-order valence-corrected chi connectivity index (χ3v) is 3.63. The first kappa shape index (κ1) is 14.1. The summed E-state index contributed by atoms with van der Waals surface area (Å²) in [6, 6.07) is 3.13. The van der Waals surface area contributed by atoms with Crippen molar-refractivity contribution >= 4 is 22.5 Å². The van der Waals surface area contributed by atoms with Crippen LogP contribution in [0.3, 0.4) is 0 Å². The van der Waals surface area contributed by atoms with E-state index in [9.17, 15) is 4.79 Å². The average Bonchev–Trinajstić information content (AvgIpc) is 3.19. The number of aromatic amines is 1. The smallest absolute Gasteiger partial charge is 0.321 e. The molecule has 0 spiro atoms. The Morgan fingerprint density at radius 2 is 2.36 bits per heavy atom. The van der Waals surface area contributed by atoms with Crippen molar-refractivity contribution in [1.82, 2.24) is 30.5 Å². The van der Waals surface area contributed by atoms with Gasteiger partial charge >= 0.3 is 6.03 Å². The van der Waals surface area contributed by atoms with Gasteiger partial charge in [-0.2, -0.15) is 5.10 Å². The molecule has 0 radical (unpaired) electrons. The van der Waals surface area contributed by atoms with E-state index in [1.165, 1.54) is 17.7 Å². The molecule has 3 N–H and O–H groups in total. The molecule has 2 amide bonds. The van der Waals surface area contributed by atoms with Gasteiger partial charge in [-0.1, -0.05) is 0 Å². The highest BCUT2D eigenvalue weighted by molar-refractivity contribution is 7.14. The van der Waals surface area contributed by atoms with Gasteiger partial charge in [-0.05, 0) is 19.1 Å². The summed E-state index contributed by atoms with van der Waals surface area (Å²) in [5.41, 5.74) is 1.68. The van der Waals surface area contributed by atoms with Crippen molar-refractivity contribution in [3.05, 3.63) is 42.1 Å². The Morgan fingerprint density at radius 1 is 1.45 bits per heavy atom. The molecule has 8 nitrogen and oxygen atoms in total. The molecule has 0 aromatic carbocycles. The number of rotatable bonds is 4. The Kier molecular flexibility index (Phi) is 4.05. The highest BCUT2D eigenvalue weighted by Gasteiger charge is 2.13. The third kappa shape index (κ3) is 3.26. The number of nitrogens with one attached hydrogen (secondary N) is 3. The highest BCUT2D eigenvalue weighted by Crippen LogP contribution is 2.24. The molecule has 0 fully saturated rings. The summed E-state index contributed by atoms with van der Waals surface area (Å²) in [5.74, 6) is 0.588. The predicted octanol–water partition coefficient (Wildman–Crippen LogP) is 2.21. The van der Waals surface area contributed by atoms with E-state index in [0.29, 0.717) is 11.0 Å². The largest absolute Gasteiger partial charge is 0.328 e. The summed E-state index contributed by atoms with van der Waals surface area (Å²) < 4.78 is 0. The van der Waals surface area contributed by atoms with Crippen LogP contribution >= 0.6 is 11.3 Å². The van der Waals surface area contributed by atoms with Gasteiger partial charge in [0.05, 0.1) is 11.7 Å². The van der Waals surface area contributed by atoms with Gasteiger partial charge in [0.15, 0.2) is 5.13 Å². The summed E-state index contributed by atoms with van der Waals surface area (Å²) in [7, 11) is 0. The second kappa shape index (κ2) is 6.31. The van der Waals surface area contributed by atoms with E-state index in [4.69, 9.17) is 0 Å². The zero-order valence-corrected chi connectivity index (χ0v) is 12.5. The van der Waals surface area contributed by atoms with Gasteiger partial charge in [0.2, 0.25) is 0 Å². The van der Waals surface area contributed by atoms with Crippen molar-refractivity contribution in [2.45, 2.75) is 13.0 Å². The van der Waals surface area contributed by atoms with Crippen molar-refractivity contribution in [3.63, 3.8) is 0 Å². The van der Waals surface area contributed by atoms with Gasteiger partial charge in [0.25, 0.3) is 0 Å². The molecule has 112 valence electrons. The predicted molar refractivity (Wildman–Crippen MR) is 82.3 cm³/mol. The minimum Gasteiger partial charge on any atom is -0.328 e. The average molecular weight is 315 g/mol. The van der Waals surface area contributed by atoms with E-state index in [0.717, 1.165) is 11.3 Å². The molecule has 1 atom stereocenters. The summed E-state index contributed by atoms with van der Waals surface area (Å²) in [4.78, 5) is 24.3. The Hall–Kier alpha value is -2.81. The molecule has 0 bridgehead atoms. The molecule has 0 saturated heterocycles. The minimum atomic E-state index is -0.351. The Labute approximate surface area is 130 Å². The molecule has 0 aliphatic carbocycles. The van der Waals surface area contributed by atoms with Crippen LogP contribution in [0.15, 0.2) is 36.2 Å². The molecular formula is C13H13N7OS. The maximum Gasteiger partial charge on any atom is 0.321 e. The van der Waals surface area contributed by atoms with Crippen molar-refractivity contribution in [1.29, 1.82) is 0 Å². The SMILES string of the molecule is CC(NC(=O)Nc1nc(-c2cccnc2)cs1)c1ncn[nH]1. The van der Waals surface area contributed by atoms with Crippen LogP contribution in [0, 0.1) is 0 Å². The number of pyridine rings is 1. The van der Waals surface area contributed by atoms with Crippen LogP contribution in [0.5, 0.6) is 0 Å². The maximum absolute atomic E-state index is 11.9. The fourth-order valence-electron chi connectivity index (χ4n) is 1.80. The second-order valence-corrected chi connectivity index (χ2v) is 5.33. The van der Waals surface area contributed by atoms with Crippen molar-refractivity contribution in [3.8, 4) is 11.3 Å². The fourth-order valence-corrected chi connectivity index (χ4v) is 2.51. The zero-order valence-electron chi connectivity index (χ0n) is 11.6. The van der Waals surface area contributed by atoms with Gasteiger partial charge in [0.1, 0.15) is 12.2 Å². The van der Waals surface area contributed by atoms with Crippen molar-refractivity contribution in [2.75, 3.05) is 5.32 Å². The van der Waals surface area contributed by atoms with E-state index in [-0.39, 0.29) is 12.1 Å². The van der Waals surface area contributed by atoms with E-state index in [1.807, 2.05) is 24.4 Å². The fraction of sp³-hybridized carbons (Fsp3) is 0.154. The Morgan fingerprint density at radius 3 is 3.09 bits per heavy atom. The molecular weight excluding hydrogens is 302 g/mol. The zero-order chi connectivity index (χ0) is 15.4. The van der Waals surface area contributed by atoms with E-state index in [2.05, 4.69) is 35.8 Å². The van der Waals surface area contributed by atoms with Crippen LogP contribution in [0.2, 0.25) is 0 Å². The molecule has 0 aliphatic heterocycles. The number of carbonyl (C=O) groups is 1. The van der Waals surface area contributed by atoms with Crippen molar-refractivity contribution < 1.29 is 4.79 Å².